The molecule has 1 unspecified atom stereocenters. The smallest absolute Gasteiger partial charge is 0.300 e. The number of nitro groups is 2. The van der Waals surface area contributed by atoms with E-state index in [0.717, 1.165) is 25.0 Å². The molecule has 0 aromatic heterocycles. The number of carbonyl (C=O) groups is 1. The Morgan fingerprint density at radius 2 is 1.87 bits per heavy atom. The van der Waals surface area contributed by atoms with Crippen molar-refractivity contribution >= 4 is 23.0 Å². The molecule has 0 saturated carbocycles. The summed E-state index contributed by atoms with van der Waals surface area (Å²) in [4.78, 5) is 34.3. The molecular formula is C13H16N4O6. The summed E-state index contributed by atoms with van der Waals surface area (Å²) in [6, 6.07) is 1.88. The molecule has 1 aromatic rings. The molecule has 1 aliphatic heterocycles. The van der Waals surface area contributed by atoms with E-state index in [9.17, 15) is 25.0 Å². The van der Waals surface area contributed by atoms with Crippen molar-refractivity contribution in [2.75, 3.05) is 18.0 Å². The van der Waals surface area contributed by atoms with E-state index < -0.39 is 27.1 Å². The summed E-state index contributed by atoms with van der Waals surface area (Å²) in [5.74, 6) is -0.793. The molecule has 1 heterocycles. The van der Waals surface area contributed by atoms with Crippen molar-refractivity contribution in [3.63, 3.8) is 0 Å². The molecule has 1 aromatic carbocycles. The lowest BCUT2D eigenvalue weighted by atomic mass is 9.98. The van der Waals surface area contributed by atoms with Crippen molar-refractivity contribution in [1.29, 1.82) is 0 Å². The fourth-order valence-electron chi connectivity index (χ4n) is 2.79. The van der Waals surface area contributed by atoms with Crippen LogP contribution in [-0.4, -0.2) is 34.1 Å². The summed E-state index contributed by atoms with van der Waals surface area (Å²) in [5.41, 5.74) is -0.165. The maximum atomic E-state index is 11.5. The third-order valence-corrected chi connectivity index (χ3v) is 3.80. The molecule has 10 heteroatoms. The van der Waals surface area contributed by atoms with Crippen molar-refractivity contribution in [3.8, 4) is 0 Å². The van der Waals surface area contributed by atoms with Gasteiger partial charge in [-0.2, -0.15) is 0 Å². The third-order valence-electron chi connectivity index (χ3n) is 3.80. The maximum Gasteiger partial charge on any atom is 0.300 e. The number of amides is 1. The molecular weight excluding hydrogens is 308 g/mol. The van der Waals surface area contributed by atoms with Gasteiger partial charge in [-0.15, -0.1) is 0 Å². The van der Waals surface area contributed by atoms with Crippen molar-refractivity contribution in [1.82, 2.24) is 5.48 Å². The first kappa shape index (κ1) is 16.6. The Labute approximate surface area is 131 Å². The van der Waals surface area contributed by atoms with Crippen molar-refractivity contribution in [2.24, 2.45) is 5.92 Å². The van der Waals surface area contributed by atoms with Crippen LogP contribution in [-0.2, 0) is 0 Å². The number of anilines is 1. The highest BCUT2D eigenvalue weighted by Crippen LogP contribution is 2.40. The molecule has 124 valence electrons. The minimum Gasteiger partial charge on any atom is -0.360 e. The van der Waals surface area contributed by atoms with Crippen molar-refractivity contribution in [3.05, 3.63) is 37.9 Å². The monoisotopic (exact) mass is 324 g/mol. The zero-order chi connectivity index (χ0) is 17.1. The molecule has 2 N–H and O–H groups in total. The van der Waals surface area contributed by atoms with Crippen LogP contribution in [0, 0.1) is 26.1 Å². The van der Waals surface area contributed by atoms with Crippen LogP contribution in [0.1, 0.15) is 30.1 Å². The lowest BCUT2D eigenvalue weighted by Crippen LogP contribution is -2.35. The Hall–Kier alpha value is -2.75. The molecule has 0 aliphatic carbocycles. The molecule has 10 nitrogen and oxygen atoms in total. The van der Waals surface area contributed by atoms with Gasteiger partial charge in [0, 0.05) is 25.2 Å². The van der Waals surface area contributed by atoms with Gasteiger partial charge in [0.25, 0.3) is 17.3 Å². The summed E-state index contributed by atoms with van der Waals surface area (Å²) in [7, 11) is 0. The summed E-state index contributed by atoms with van der Waals surface area (Å²) < 4.78 is 0. The molecule has 2 rings (SSSR count). The van der Waals surface area contributed by atoms with Gasteiger partial charge in [-0.1, -0.05) is 6.92 Å². The predicted octanol–water partition coefficient (Wildman–Crippen LogP) is 1.86. The number of hydrogen-bond donors (Lipinski definition) is 2. The average molecular weight is 324 g/mol. The third kappa shape index (κ3) is 3.37. The highest BCUT2D eigenvalue weighted by atomic mass is 16.6. The number of rotatable bonds is 4. The number of benzene rings is 1. The van der Waals surface area contributed by atoms with Crippen LogP contribution in [0.3, 0.4) is 0 Å². The normalized spacial score (nSPS) is 17.7. The minimum absolute atomic E-state index is 0.0963. The summed E-state index contributed by atoms with van der Waals surface area (Å²) in [6.07, 6.45) is 1.72. The van der Waals surface area contributed by atoms with Crippen molar-refractivity contribution in [2.45, 2.75) is 19.8 Å². The van der Waals surface area contributed by atoms with E-state index in [0.29, 0.717) is 13.1 Å². The first-order valence-corrected chi connectivity index (χ1v) is 7.01. The van der Waals surface area contributed by atoms with Crippen molar-refractivity contribution < 1.29 is 19.8 Å². The Balaban J connectivity index is 2.64. The number of piperidine rings is 1. The van der Waals surface area contributed by atoms with E-state index >= 15 is 0 Å². The van der Waals surface area contributed by atoms with Gasteiger partial charge in [-0.05, 0) is 18.8 Å². The van der Waals surface area contributed by atoms with Crippen LogP contribution >= 0.6 is 0 Å². The highest BCUT2D eigenvalue weighted by Gasteiger charge is 2.33. The van der Waals surface area contributed by atoms with E-state index in [2.05, 4.69) is 0 Å². The van der Waals surface area contributed by atoms with E-state index in [1.165, 1.54) is 5.48 Å². The second kappa shape index (κ2) is 6.57. The predicted molar refractivity (Wildman–Crippen MR) is 79.6 cm³/mol. The number of nitro benzene ring substituents is 2. The molecule has 0 bridgehead atoms. The van der Waals surface area contributed by atoms with Gasteiger partial charge in [0.2, 0.25) is 0 Å². The molecule has 1 fully saturated rings. The quantitative estimate of drug-likeness (QED) is 0.489. The average Bonchev–Trinajstić information content (AvgIpc) is 2.52. The lowest BCUT2D eigenvalue weighted by molar-refractivity contribution is -0.392. The highest BCUT2D eigenvalue weighted by molar-refractivity contribution is 5.97. The van der Waals surface area contributed by atoms with Crippen LogP contribution in [0.25, 0.3) is 0 Å². The van der Waals surface area contributed by atoms with Crippen LogP contribution < -0.4 is 10.4 Å². The SMILES string of the molecule is CC1CCCN(c2c([N+](=O)[O-])cc(C(=O)NO)cc2[N+](=O)[O-])C1. The summed E-state index contributed by atoms with van der Waals surface area (Å²) >= 11 is 0. The van der Waals surface area contributed by atoms with Gasteiger partial charge in [0.15, 0.2) is 5.69 Å². The Bertz CT molecular complexity index is 627. The molecule has 0 spiro atoms. The molecule has 23 heavy (non-hydrogen) atoms. The zero-order valence-corrected chi connectivity index (χ0v) is 12.4. The number of carbonyl (C=O) groups excluding carboxylic acids is 1. The van der Waals surface area contributed by atoms with E-state index in [1.807, 2.05) is 6.92 Å². The Morgan fingerprint density at radius 3 is 2.30 bits per heavy atom. The van der Waals surface area contributed by atoms with Gasteiger partial charge in [-0.3, -0.25) is 30.2 Å². The topological polar surface area (TPSA) is 139 Å². The summed E-state index contributed by atoms with van der Waals surface area (Å²) in [5, 5.41) is 31.3. The van der Waals surface area contributed by atoms with E-state index in [-0.39, 0.29) is 17.2 Å². The van der Waals surface area contributed by atoms with Crippen LogP contribution in [0.2, 0.25) is 0 Å². The fraction of sp³-hybridized carbons (Fsp3) is 0.462. The standard InChI is InChI=1S/C13H16N4O6/c1-8-3-2-4-15(7-8)12-10(16(20)21)5-9(13(18)14-19)6-11(12)17(22)23/h5-6,8,19H,2-4,7H2,1H3,(H,14,18). The van der Waals surface area contributed by atoms with Gasteiger partial charge in [0.1, 0.15) is 0 Å². The van der Waals surface area contributed by atoms with E-state index in [4.69, 9.17) is 5.21 Å². The molecule has 1 saturated heterocycles. The Morgan fingerprint density at radius 1 is 1.30 bits per heavy atom. The molecule has 1 aliphatic rings. The van der Waals surface area contributed by atoms with Gasteiger partial charge in [0.05, 0.1) is 15.4 Å². The van der Waals surface area contributed by atoms with E-state index in [1.54, 1.807) is 4.90 Å². The first-order valence-electron chi connectivity index (χ1n) is 7.01. The van der Waals surface area contributed by atoms with Gasteiger partial charge in [-0.25, -0.2) is 5.48 Å². The minimum atomic E-state index is -1.05. The second-order valence-electron chi connectivity index (χ2n) is 5.51. The van der Waals surface area contributed by atoms with Gasteiger partial charge >= 0.3 is 0 Å². The Kier molecular flexibility index (Phi) is 4.74. The number of hydroxylamine groups is 1. The molecule has 0 radical (unpaired) electrons. The molecule has 1 amide bonds. The number of nitrogens with one attached hydrogen (secondary N) is 1. The molecule has 1 atom stereocenters. The number of nitrogens with zero attached hydrogens (tertiary/aromatic N) is 3. The van der Waals surface area contributed by atoms with Crippen LogP contribution in [0.5, 0.6) is 0 Å². The first-order chi connectivity index (χ1) is 10.8. The largest absolute Gasteiger partial charge is 0.360 e. The fourth-order valence-corrected chi connectivity index (χ4v) is 2.79. The lowest BCUT2D eigenvalue weighted by Gasteiger charge is -2.32. The zero-order valence-electron chi connectivity index (χ0n) is 12.4. The summed E-state index contributed by atoms with van der Waals surface area (Å²) in [6.45, 7) is 2.90. The second-order valence-corrected chi connectivity index (χ2v) is 5.51. The number of hydrogen-bond acceptors (Lipinski definition) is 7. The van der Waals surface area contributed by atoms with Crippen LogP contribution in [0.4, 0.5) is 17.1 Å². The maximum absolute atomic E-state index is 11.5. The van der Waals surface area contributed by atoms with Crippen LogP contribution in [0.15, 0.2) is 12.1 Å². The van der Waals surface area contributed by atoms with Gasteiger partial charge < -0.3 is 4.90 Å².